The Kier molecular flexibility index (Phi) is 4.94. The number of Topliss-reactive ketones (excluding diaryl/α,β-unsaturated/α-hetero) is 1. The fourth-order valence-electron chi connectivity index (χ4n) is 3.70. The molecule has 1 aliphatic heterocycles. The summed E-state index contributed by atoms with van der Waals surface area (Å²) in [5.74, 6) is -0.893. The zero-order valence-corrected chi connectivity index (χ0v) is 16.2. The van der Waals surface area contributed by atoms with Gasteiger partial charge in [0.05, 0.1) is 16.2 Å². The summed E-state index contributed by atoms with van der Waals surface area (Å²) in [5, 5.41) is 11.6. The lowest BCUT2D eigenvalue weighted by Crippen LogP contribution is -2.49. The normalized spacial score (nSPS) is 14.2. The van der Waals surface area contributed by atoms with Crippen molar-refractivity contribution in [3.05, 3.63) is 69.7 Å². The molecule has 1 aromatic heterocycles. The van der Waals surface area contributed by atoms with E-state index >= 15 is 0 Å². The Morgan fingerprint density at radius 1 is 1.10 bits per heavy atom. The molecule has 9 heteroatoms. The largest absolute Gasteiger partial charge is 0.366 e. The molecule has 2 heterocycles. The van der Waals surface area contributed by atoms with Gasteiger partial charge in [-0.3, -0.25) is 19.7 Å². The number of hydrogen-bond donors (Lipinski definition) is 1. The van der Waals surface area contributed by atoms with Gasteiger partial charge in [-0.1, -0.05) is 0 Å². The number of amides is 1. The molecule has 0 saturated carbocycles. The van der Waals surface area contributed by atoms with Gasteiger partial charge < -0.3 is 14.8 Å². The Balaban J connectivity index is 1.50. The van der Waals surface area contributed by atoms with Gasteiger partial charge in [-0.2, -0.15) is 0 Å². The van der Waals surface area contributed by atoms with Gasteiger partial charge in [0.25, 0.3) is 11.6 Å². The van der Waals surface area contributed by atoms with E-state index < -0.39 is 10.7 Å². The van der Waals surface area contributed by atoms with Crippen molar-refractivity contribution in [3.63, 3.8) is 0 Å². The second-order valence-electron chi connectivity index (χ2n) is 7.19. The van der Waals surface area contributed by atoms with Crippen LogP contribution in [0.4, 0.5) is 15.8 Å². The SMILES string of the molecule is CC(=O)c1ccc(N2CCN(C(=O)c3c[nH]c4ccc([N+](=O)[O-])cc34)CC2)c(F)c1. The zero-order chi connectivity index (χ0) is 21.4. The van der Waals surface area contributed by atoms with Gasteiger partial charge in [-0.05, 0) is 31.2 Å². The first-order valence-electron chi connectivity index (χ1n) is 9.45. The third kappa shape index (κ3) is 3.49. The first-order valence-corrected chi connectivity index (χ1v) is 9.45. The summed E-state index contributed by atoms with van der Waals surface area (Å²) in [7, 11) is 0. The average Bonchev–Trinajstić information content (AvgIpc) is 3.16. The number of ketones is 1. The fourth-order valence-corrected chi connectivity index (χ4v) is 3.70. The van der Waals surface area contributed by atoms with Gasteiger partial charge in [0.1, 0.15) is 5.82 Å². The van der Waals surface area contributed by atoms with E-state index in [1.54, 1.807) is 29.3 Å². The molecule has 0 spiro atoms. The molecule has 1 N–H and O–H groups in total. The van der Waals surface area contributed by atoms with Crippen LogP contribution in [-0.4, -0.2) is 52.7 Å². The highest BCUT2D eigenvalue weighted by Gasteiger charge is 2.26. The van der Waals surface area contributed by atoms with Crippen LogP contribution in [-0.2, 0) is 0 Å². The van der Waals surface area contributed by atoms with Crippen molar-refractivity contribution < 1.29 is 18.9 Å². The molecule has 4 rings (SSSR count). The molecule has 0 aliphatic carbocycles. The van der Waals surface area contributed by atoms with E-state index in [1.807, 2.05) is 4.90 Å². The first kappa shape index (κ1) is 19.6. The third-order valence-corrected chi connectivity index (χ3v) is 5.37. The minimum atomic E-state index is -0.495. The number of H-pyrrole nitrogens is 1. The Hall–Kier alpha value is -3.75. The lowest BCUT2D eigenvalue weighted by Gasteiger charge is -2.36. The lowest BCUT2D eigenvalue weighted by atomic mass is 10.1. The number of nitro benzene ring substituents is 1. The molecule has 1 saturated heterocycles. The Bertz CT molecular complexity index is 1170. The second-order valence-corrected chi connectivity index (χ2v) is 7.19. The molecule has 154 valence electrons. The highest BCUT2D eigenvalue weighted by Crippen LogP contribution is 2.26. The number of hydrogen-bond acceptors (Lipinski definition) is 5. The predicted molar refractivity (Wildman–Crippen MR) is 109 cm³/mol. The quantitative estimate of drug-likeness (QED) is 0.404. The van der Waals surface area contributed by atoms with Gasteiger partial charge in [0, 0.05) is 61.0 Å². The maximum Gasteiger partial charge on any atom is 0.270 e. The van der Waals surface area contributed by atoms with Crippen molar-refractivity contribution in [2.24, 2.45) is 0 Å². The number of nitrogens with one attached hydrogen (secondary N) is 1. The van der Waals surface area contributed by atoms with Crippen LogP contribution in [0, 0.1) is 15.9 Å². The van der Waals surface area contributed by atoms with Crippen LogP contribution in [0.3, 0.4) is 0 Å². The van der Waals surface area contributed by atoms with Crippen molar-refractivity contribution in [2.45, 2.75) is 6.92 Å². The number of aromatic nitrogens is 1. The van der Waals surface area contributed by atoms with Crippen LogP contribution in [0.1, 0.15) is 27.6 Å². The van der Waals surface area contributed by atoms with Gasteiger partial charge in [-0.15, -0.1) is 0 Å². The number of non-ortho nitro benzene ring substituents is 1. The monoisotopic (exact) mass is 410 g/mol. The topological polar surface area (TPSA) is 99.6 Å². The van der Waals surface area contributed by atoms with Crippen molar-refractivity contribution >= 4 is 34.0 Å². The van der Waals surface area contributed by atoms with E-state index in [-0.39, 0.29) is 17.4 Å². The van der Waals surface area contributed by atoms with Crippen LogP contribution in [0.2, 0.25) is 0 Å². The van der Waals surface area contributed by atoms with Crippen molar-refractivity contribution in [1.29, 1.82) is 0 Å². The molecule has 1 amide bonds. The summed E-state index contributed by atoms with van der Waals surface area (Å²) < 4.78 is 14.4. The summed E-state index contributed by atoms with van der Waals surface area (Å²) >= 11 is 0. The number of piperazine rings is 1. The number of rotatable bonds is 4. The van der Waals surface area contributed by atoms with Gasteiger partial charge in [0.2, 0.25) is 0 Å². The van der Waals surface area contributed by atoms with Crippen molar-refractivity contribution in [3.8, 4) is 0 Å². The number of aromatic amines is 1. The summed E-state index contributed by atoms with van der Waals surface area (Å²) in [6.07, 6.45) is 1.56. The first-order chi connectivity index (χ1) is 14.3. The summed E-state index contributed by atoms with van der Waals surface area (Å²) in [4.78, 5) is 41.4. The number of fused-ring (bicyclic) bond motifs is 1. The maximum atomic E-state index is 14.4. The van der Waals surface area contributed by atoms with Crippen molar-refractivity contribution in [2.75, 3.05) is 31.1 Å². The second kappa shape index (κ2) is 7.58. The zero-order valence-electron chi connectivity index (χ0n) is 16.2. The molecule has 3 aromatic rings. The standard InChI is InChI=1S/C21H19FN4O4/c1-13(27)14-2-5-20(18(22)10-14)24-6-8-25(9-7-24)21(28)17-12-23-19-4-3-15(26(29)30)11-16(17)19/h2-5,10-12,23H,6-9H2,1H3. The number of halogens is 1. The molecule has 2 aromatic carbocycles. The number of nitrogens with zero attached hydrogens (tertiary/aromatic N) is 3. The van der Waals surface area contributed by atoms with Crippen LogP contribution >= 0.6 is 0 Å². The van der Waals surface area contributed by atoms with E-state index in [0.29, 0.717) is 53.9 Å². The smallest absolute Gasteiger partial charge is 0.270 e. The molecule has 0 radical (unpaired) electrons. The summed E-state index contributed by atoms with van der Waals surface area (Å²) in [6.45, 7) is 3.02. The number of benzene rings is 2. The molecule has 0 atom stereocenters. The predicted octanol–water partition coefficient (Wildman–Crippen LogP) is 3.38. The summed E-state index contributed by atoms with van der Waals surface area (Å²) in [6, 6.07) is 8.77. The molecule has 8 nitrogen and oxygen atoms in total. The van der Waals surface area contributed by atoms with Crippen molar-refractivity contribution in [1.82, 2.24) is 9.88 Å². The molecule has 1 fully saturated rings. The van der Waals surface area contributed by atoms with Gasteiger partial charge in [0.15, 0.2) is 5.78 Å². The molecular formula is C21H19FN4O4. The van der Waals surface area contributed by atoms with Crippen LogP contribution in [0.5, 0.6) is 0 Å². The Morgan fingerprint density at radius 2 is 1.83 bits per heavy atom. The van der Waals surface area contributed by atoms with E-state index in [4.69, 9.17) is 0 Å². The Morgan fingerprint density at radius 3 is 2.47 bits per heavy atom. The van der Waals surface area contributed by atoms with Crippen LogP contribution in [0.25, 0.3) is 10.9 Å². The number of anilines is 1. The van der Waals surface area contributed by atoms with E-state index in [2.05, 4.69) is 4.98 Å². The van der Waals surface area contributed by atoms with Gasteiger partial charge >= 0.3 is 0 Å². The van der Waals surface area contributed by atoms with E-state index in [0.717, 1.165) is 0 Å². The Labute approximate surface area is 171 Å². The number of carbonyl (C=O) groups excluding carboxylic acids is 2. The molecule has 1 aliphatic rings. The minimum absolute atomic E-state index is 0.0783. The molecular weight excluding hydrogens is 391 g/mol. The molecule has 0 bridgehead atoms. The highest BCUT2D eigenvalue weighted by molar-refractivity contribution is 6.07. The highest BCUT2D eigenvalue weighted by atomic mass is 19.1. The van der Waals surface area contributed by atoms with Gasteiger partial charge in [-0.25, -0.2) is 4.39 Å². The summed E-state index contributed by atoms with van der Waals surface area (Å²) in [5.41, 5.74) is 1.66. The van der Waals surface area contributed by atoms with Crippen LogP contribution < -0.4 is 4.90 Å². The average molecular weight is 410 g/mol. The fraction of sp³-hybridized carbons (Fsp3) is 0.238. The molecule has 0 unspecified atom stereocenters. The number of nitro groups is 1. The van der Waals surface area contributed by atoms with E-state index in [9.17, 15) is 24.1 Å². The number of carbonyl (C=O) groups is 2. The lowest BCUT2D eigenvalue weighted by molar-refractivity contribution is -0.384. The van der Waals surface area contributed by atoms with E-state index in [1.165, 1.54) is 25.1 Å². The maximum absolute atomic E-state index is 14.4. The third-order valence-electron chi connectivity index (χ3n) is 5.37. The minimum Gasteiger partial charge on any atom is -0.366 e. The van der Waals surface area contributed by atoms with Crippen LogP contribution in [0.15, 0.2) is 42.6 Å². The molecule has 30 heavy (non-hydrogen) atoms.